The van der Waals surface area contributed by atoms with Crippen LogP contribution < -0.4 is 0 Å². The number of fused-ring (bicyclic) bond motifs is 5. The largest absolute Gasteiger partial charge is 0.469 e. The maximum Gasteiger partial charge on any atom is 0.309 e. The lowest BCUT2D eigenvalue weighted by atomic mass is 9.53. The van der Waals surface area contributed by atoms with Crippen LogP contribution in [-0.4, -0.2) is 26.2 Å². The van der Waals surface area contributed by atoms with Gasteiger partial charge in [0.1, 0.15) is 0 Å². The summed E-state index contributed by atoms with van der Waals surface area (Å²) in [4.78, 5) is 23.6. The van der Waals surface area contributed by atoms with E-state index in [0.29, 0.717) is 23.7 Å². The number of methoxy groups -OCH3 is 2. The van der Waals surface area contributed by atoms with Gasteiger partial charge in [-0.05, 0) is 30.1 Å². The molecule has 2 saturated carbocycles. The zero-order valence-corrected chi connectivity index (χ0v) is 9.96. The second-order valence-electron chi connectivity index (χ2n) is 5.20. The van der Waals surface area contributed by atoms with Crippen LogP contribution in [0.4, 0.5) is 0 Å². The number of carbonyl (C=O) groups is 2. The SMILES string of the molecule is COC(=O)C1C(C(=O)OC)C2C3C=CC(C3)C12. The summed E-state index contributed by atoms with van der Waals surface area (Å²) < 4.78 is 9.65. The minimum Gasteiger partial charge on any atom is -0.469 e. The molecule has 0 aromatic carbocycles. The molecular weight excluding hydrogens is 220 g/mol. The molecule has 0 amide bonds. The Morgan fingerprint density at radius 2 is 1.35 bits per heavy atom. The monoisotopic (exact) mass is 236 g/mol. The Balaban J connectivity index is 1.89. The fourth-order valence-corrected chi connectivity index (χ4v) is 4.12. The predicted octanol–water partition coefficient (Wildman–Crippen LogP) is 1.02. The normalized spacial score (nSPS) is 45.1. The Bertz CT molecular complexity index is 364. The van der Waals surface area contributed by atoms with E-state index in [9.17, 15) is 9.59 Å². The first-order chi connectivity index (χ1) is 8.19. The van der Waals surface area contributed by atoms with Crippen molar-refractivity contribution >= 4 is 11.9 Å². The third-order valence-electron chi connectivity index (χ3n) is 4.75. The Morgan fingerprint density at radius 3 is 1.71 bits per heavy atom. The minimum atomic E-state index is -0.294. The molecule has 17 heavy (non-hydrogen) atoms. The number of allylic oxidation sites excluding steroid dienone is 2. The van der Waals surface area contributed by atoms with E-state index in [1.54, 1.807) is 0 Å². The van der Waals surface area contributed by atoms with Crippen LogP contribution in [0.25, 0.3) is 0 Å². The summed E-state index contributed by atoms with van der Waals surface area (Å²) in [5.74, 6) is 0.383. The van der Waals surface area contributed by atoms with Crippen molar-refractivity contribution in [2.75, 3.05) is 14.2 Å². The molecule has 3 aliphatic rings. The Morgan fingerprint density at radius 1 is 0.941 bits per heavy atom. The van der Waals surface area contributed by atoms with Crippen molar-refractivity contribution in [1.29, 1.82) is 0 Å². The molecule has 0 spiro atoms. The average Bonchev–Trinajstić information content (AvgIpc) is 2.86. The highest BCUT2D eigenvalue weighted by Gasteiger charge is 2.66. The van der Waals surface area contributed by atoms with Crippen molar-refractivity contribution in [3.05, 3.63) is 12.2 Å². The topological polar surface area (TPSA) is 52.6 Å². The molecule has 6 atom stereocenters. The van der Waals surface area contributed by atoms with Gasteiger partial charge >= 0.3 is 11.9 Å². The lowest BCUT2D eigenvalue weighted by molar-refractivity contribution is -0.179. The summed E-state index contributed by atoms with van der Waals surface area (Å²) in [5, 5.41) is 0. The zero-order valence-electron chi connectivity index (χ0n) is 9.96. The van der Waals surface area contributed by atoms with Crippen LogP contribution in [0.3, 0.4) is 0 Å². The van der Waals surface area contributed by atoms with E-state index in [0.717, 1.165) is 6.42 Å². The molecule has 0 aliphatic heterocycles. The van der Waals surface area contributed by atoms with Crippen LogP contribution in [0, 0.1) is 35.5 Å². The van der Waals surface area contributed by atoms with Gasteiger partial charge in [0.2, 0.25) is 0 Å². The van der Waals surface area contributed by atoms with Crippen LogP contribution in [-0.2, 0) is 19.1 Å². The van der Waals surface area contributed by atoms with E-state index in [4.69, 9.17) is 9.47 Å². The highest BCUT2D eigenvalue weighted by molar-refractivity contribution is 5.85. The van der Waals surface area contributed by atoms with Gasteiger partial charge in [-0.1, -0.05) is 12.2 Å². The van der Waals surface area contributed by atoms with E-state index >= 15 is 0 Å². The number of rotatable bonds is 2. The molecule has 2 bridgehead atoms. The van der Waals surface area contributed by atoms with Gasteiger partial charge in [-0.15, -0.1) is 0 Å². The fraction of sp³-hybridized carbons (Fsp3) is 0.692. The highest BCUT2D eigenvalue weighted by atomic mass is 16.5. The van der Waals surface area contributed by atoms with Gasteiger partial charge in [0.25, 0.3) is 0 Å². The molecule has 92 valence electrons. The lowest BCUT2D eigenvalue weighted by Gasteiger charge is -2.49. The molecule has 0 N–H and O–H groups in total. The molecule has 0 aromatic rings. The third-order valence-corrected chi connectivity index (χ3v) is 4.75. The highest BCUT2D eigenvalue weighted by Crippen LogP contribution is 2.64. The van der Waals surface area contributed by atoms with E-state index < -0.39 is 0 Å². The number of carbonyl (C=O) groups excluding carboxylic acids is 2. The number of hydrogen-bond acceptors (Lipinski definition) is 4. The maximum absolute atomic E-state index is 11.8. The lowest BCUT2D eigenvalue weighted by Crippen LogP contribution is -2.56. The standard InChI is InChI=1S/C13H16O4/c1-16-12(14)10-8-6-3-4-7(5-6)9(8)11(10)13(15)17-2/h3-4,6-11H,5H2,1-2H3. The molecule has 6 unspecified atom stereocenters. The summed E-state index contributed by atoms with van der Waals surface area (Å²) in [5.41, 5.74) is 0. The first kappa shape index (κ1) is 10.8. The molecule has 0 saturated heterocycles. The van der Waals surface area contributed by atoms with E-state index in [1.807, 2.05) is 0 Å². The Labute approximate surface area is 100.0 Å². The van der Waals surface area contributed by atoms with E-state index in [2.05, 4.69) is 12.2 Å². The van der Waals surface area contributed by atoms with Gasteiger partial charge in [-0.2, -0.15) is 0 Å². The summed E-state index contributed by atoms with van der Waals surface area (Å²) in [6.07, 6.45) is 5.46. The zero-order chi connectivity index (χ0) is 12.2. The summed E-state index contributed by atoms with van der Waals surface area (Å²) in [7, 11) is 2.76. The van der Waals surface area contributed by atoms with Gasteiger partial charge in [0.05, 0.1) is 26.1 Å². The average molecular weight is 236 g/mol. The number of esters is 2. The van der Waals surface area contributed by atoms with Crippen molar-refractivity contribution in [1.82, 2.24) is 0 Å². The van der Waals surface area contributed by atoms with E-state index in [-0.39, 0.29) is 23.8 Å². The minimum absolute atomic E-state index is 0.261. The molecule has 3 rings (SSSR count). The van der Waals surface area contributed by atoms with Crippen molar-refractivity contribution < 1.29 is 19.1 Å². The molecule has 3 aliphatic carbocycles. The van der Waals surface area contributed by atoms with Crippen LogP contribution in [0.15, 0.2) is 12.2 Å². The van der Waals surface area contributed by atoms with Gasteiger partial charge < -0.3 is 9.47 Å². The van der Waals surface area contributed by atoms with Crippen molar-refractivity contribution in [3.63, 3.8) is 0 Å². The van der Waals surface area contributed by atoms with Crippen LogP contribution in [0.1, 0.15) is 6.42 Å². The maximum atomic E-state index is 11.8. The molecule has 2 fully saturated rings. The smallest absolute Gasteiger partial charge is 0.309 e. The molecule has 0 aromatic heterocycles. The van der Waals surface area contributed by atoms with Gasteiger partial charge in [-0.25, -0.2) is 0 Å². The fourth-order valence-electron chi connectivity index (χ4n) is 4.12. The summed E-state index contributed by atoms with van der Waals surface area (Å²) >= 11 is 0. The van der Waals surface area contributed by atoms with E-state index in [1.165, 1.54) is 14.2 Å². The van der Waals surface area contributed by atoms with Gasteiger partial charge in [0, 0.05) is 0 Å². The number of ether oxygens (including phenoxy) is 2. The summed E-state index contributed by atoms with van der Waals surface area (Å²) in [6, 6.07) is 0. The third kappa shape index (κ3) is 1.24. The van der Waals surface area contributed by atoms with Crippen molar-refractivity contribution in [2.24, 2.45) is 35.5 Å². The van der Waals surface area contributed by atoms with Crippen molar-refractivity contribution in [2.45, 2.75) is 6.42 Å². The predicted molar refractivity (Wildman–Crippen MR) is 58.7 cm³/mol. The van der Waals surface area contributed by atoms with Crippen LogP contribution >= 0.6 is 0 Å². The first-order valence-corrected chi connectivity index (χ1v) is 6.03. The second kappa shape index (κ2) is 3.59. The van der Waals surface area contributed by atoms with Crippen LogP contribution in [0.2, 0.25) is 0 Å². The quantitative estimate of drug-likeness (QED) is 0.530. The van der Waals surface area contributed by atoms with Gasteiger partial charge in [-0.3, -0.25) is 9.59 Å². The first-order valence-electron chi connectivity index (χ1n) is 6.03. The van der Waals surface area contributed by atoms with Crippen LogP contribution in [0.5, 0.6) is 0 Å². The Kier molecular flexibility index (Phi) is 2.28. The van der Waals surface area contributed by atoms with Gasteiger partial charge in [0.15, 0.2) is 0 Å². The molecular formula is C13H16O4. The number of hydrogen-bond donors (Lipinski definition) is 0. The molecule has 4 heteroatoms. The van der Waals surface area contributed by atoms with Crippen molar-refractivity contribution in [3.8, 4) is 0 Å². The summed E-state index contributed by atoms with van der Waals surface area (Å²) in [6.45, 7) is 0. The Hall–Kier alpha value is -1.32. The molecule has 0 heterocycles. The molecule has 0 radical (unpaired) electrons. The molecule has 4 nitrogen and oxygen atoms in total. The second-order valence-corrected chi connectivity index (χ2v) is 5.20.